The molecule has 0 heterocycles. The van der Waals surface area contributed by atoms with Gasteiger partial charge in [0, 0.05) is 0 Å². The highest BCUT2D eigenvalue weighted by atomic mass is 31.3. The second-order valence-electron chi connectivity index (χ2n) is 4.32. The summed E-state index contributed by atoms with van der Waals surface area (Å²) in [6.45, 7) is 4.40. The third-order valence-electron chi connectivity index (χ3n) is 2.10. The molecule has 0 radical (unpaired) electrons. The highest BCUT2D eigenvalue weighted by Crippen LogP contribution is 2.57. The molecule has 0 aromatic heterocycles. The number of phosphoric acid groups is 2. The molecule has 1 atom stereocenters. The van der Waals surface area contributed by atoms with Crippen molar-refractivity contribution in [1.29, 1.82) is 0 Å². The monoisotopic (exact) mass is 332 g/mol. The molecule has 0 rings (SSSR count). The van der Waals surface area contributed by atoms with E-state index in [1.165, 1.54) is 6.92 Å². The number of phosphoric ester groups is 1. The van der Waals surface area contributed by atoms with Crippen LogP contribution in [0.2, 0.25) is 0 Å². The van der Waals surface area contributed by atoms with E-state index in [0.29, 0.717) is 18.4 Å². The van der Waals surface area contributed by atoms with Crippen molar-refractivity contribution in [2.75, 3.05) is 6.61 Å². The van der Waals surface area contributed by atoms with Crippen molar-refractivity contribution in [3.8, 4) is 0 Å². The normalized spacial score (nSPS) is 16.4. The average molecular weight is 332 g/mol. The van der Waals surface area contributed by atoms with Gasteiger partial charge in [0.1, 0.15) is 12.4 Å². The Bertz CT molecular complexity index is 476. The van der Waals surface area contributed by atoms with Gasteiger partial charge in [-0.15, -0.1) is 0 Å². The quantitative estimate of drug-likeness (QED) is 0.462. The molecule has 0 spiro atoms. The summed E-state index contributed by atoms with van der Waals surface area (Å²) in [4.78, 5) is 25.7. The van der Waals surface area contributed by atoms with E-state index < -0.39 is 28.1 Å². The lowest BCUT2D eigenvalue weighted by atomic mass is 10.1. The fraction of sp³-hybridized carbons (Fsp3) is 0.600. The minimum Gasteiger partial charge on any atom is -0.302 e. The number of allylic oxidation sites excluding steroid dienone is 3. The second-order valence-corrected chi connectivity index (χ2v) is 7.15. The number of hydrogen-bond donors (Lipinski definition) is 3. The molecule has 0 aliphatic heterocycles. The minimum absolute atomic E-state index is 0.318. The van der Waals surface area contributed by atoms with Crippen LogP contribution in [-0.2, 0) is 18.0 Å². The molecule has 0 aromatic carbocycles. The van der Waals surface area contributed by atoms with E-state index in [2.05, 4.69) is 8.83 Å². The summed E-state index contributed by atoms with van der Waals surface area (Å²) >= 11 is 0. The maximum Gasteiger partial charge on any atom is 0.481 e. The Morgan fingerprint density at radius 2 is 1.75 bits per heavy atom. The summed E-state index contributed by atoms with van der Waals surface area (Å²) in [6.07, 6.45) is 2.91. The van der Waals surface area contributed by atoms with Gasteiger partial charge in [-0.25, -0.2) is 13.5 Å². The SMILES string of the molecule is CC(C)=CCC/C(C)=C(\F)COP(=O)(O)OP(=O)(O)O. The van der Waals surface area contributed by atoms with E-state index in [9.17, 15) is 13.5 Å². The molecule has 20 heavy (non-hydrogen) atoms. The van der Waals surface area contributed by atoms with E-state index in [-0.39, 0.29) is 0 Å². The maximum atomic E-state index is 13.5. The topological polar surface area (TPSA) is 113 Å². The summed E-state index contributed by atoms with van der Waals surface area (Å²) in [5.74, 6) is -0.782. The van der Waals surface area contributed by atoms with Gasteiger partial charge < -0.3 is 14.7 Å². The molecule has 118 valence electrons. The standard InChI is InChI=1S/C10H19FO7P2/c1-8(2)5-4-6-9(3)10(11)7-17-20(15,16)18-19(12,13)14/h5H,4,6-7H2,1-3H3,(H,15,16)(H2,12,13,14)/b10-9-. The molecule has 0 aliphatic rings. The lowest BCUT2D eigenvalue weighted by Crippen LogP contribution is -1.98. The molecule has 10 heteroatoms. The first-order valence-electron chi connectivity index (χ1n) is 5.64. The van der Waals surface area contributed by atoms with Gasteiger partial charge >= 0.3 is 15.6 Å². The van der Waals surface area contributed by atoms with Crippen molar-refractivity contribution in [2.45, 2.75) is 33.6 Å². The molecule has 0 aliphatic carbocycles. The predicted molar refractivity (Wildman–Crippen MR) is 71.4 cm³/mol. The number of hydrogen-bond acceptors (Lipinski definition) is 4. The van der Waals surface area contributed by atoms with Crippen LogP contribution in [0.4, 0.5) is 4.39 Å². The zero-order valence-corrected chi connectivity index (χ0v) is 13.2. The first-order chi connectivity index (χ1) is 8.93. The van der Waals surface area contributed by atoms with Crippen LogP contribution in [-0.4, -0.2) is 21.3 Å². The first-order valence-corrected chi connectivity index (χ1v) is 8.67. The van der Waals surface area contributed by atoms with E-state index in [4.69, 9.17) is 14.7 Å². The van der Waals surface area contributed by atoms with Gasteiger partial charge in [-0.3, -0.25) is 4.52 Å². The zero-order chi connectivity index (χ0) is 16.0. The Balaban J connectivity index is 4.45. The van der Waals surface area contributed by atoms with Crippen molar-refractivity contribution in [3.63, 3.8) is 0 Å². The Labute approximate surface area is 117 Å². The maximum absolute atomic E-state index is 13.5. The highest BCUT2D eigenvalue weighted by molar-refractivity contribution is 7.60. The van der Waals surface area contributed by atoms with Crippen LogP contribution in [0.15, 0.2) is 23.0 Å². The van der Waals surface area contributed by atoms with Gasteiger partial charge in [-0.2, -0.15) is 4.31 Å². The van der Waals surface area contributed by atoms with Gasteiger partial charge in [0.25, 0.3) is 0 Å². The van der Waals surface area contributed by atoms with Gasteiger partial charge in [-0.05, 0) is 39.2 Å². The van der Waals surface area contributed by atoms with E-state index in [0.717, 1.165) is 5.57 Å². The van der Waals surface area contributed by atoms with E-state index in [1.807, 2.05) is 19.9 Å². The number of rotatable bonds is 8. The lowest BCUT2D eigenvalue weighted by Gasteiger charge is -2.12. The van der Waals surface area contributed by atoms with Gasteiger partial charge in [-0.1, -0.05) is 11.6 Å². The van der Waals surface area contributed by atoms with Crippen LogP contribution < -0.4 is 0 Å². The Morgan fingerprint density at radius 1 is 1.20 bits per heavy atom. The van der Waals surface area contributed by atoms with Crippen molar-refractivity contribution < 1.29 is 37.0 Å². The molecule has 0 bridgehead atoms. The Hall–Kier alpha value is -0.330. The first kappa shape index (κ1) is 19.7. The van der Waals surface area contributed by atoms with Crippen molar-refractivity contribution >= 4 is 15.6 Å². The Morgan fingerprint density at radius 3 is 2.20 bits per heavy atom. The van der Waals surface area contributed by atoms with Crippen LogP contribution in [0.1, 0.15) is 33.6 Å². The molecule has 3 N–H and O–H groups in total. The molecule has 0 saturated carbocycles. The molecule has 0 aromatic rings. The third-order valence-corrected chi connectivity index (χ3v) is 4.23. The van der Waals surface area contributed by atoms with E-state index >= 15 is 0 Å². The van der Waals surface area contributed by atoms with Gasteiger partial charge in [0.2, 0.25) is 0 Å². The highest BCUT2D eigenvalue weighted by Gasteiger charge is 2.32. The molecule has 0 amide bonds. The predicted octanol–water partition coefficient (Wildman–Crippen LogP) is 3.20. The Kier molecular flexibility index (Phi) is 8.06. The minimum atomic E-state index is -5.18. The van der Waals surface area contributed by atoms with Gasteiger partial charge in [0.05, 0.1) is 0 Å². The molecule has 7 nitrogen and oxygen atoms in total. The van der Waals surface area contributed by atoms with Gasteiger partial charge in [0.15, 0.2) is 0 Å². The summed E-state index contributed by atoms with van der Waals surface area (Å²) in [7, 11) is -10.2. The van der Waals surface area contributed by atoms with Crippen LogP contribution in [0.5, 0.6) is 0 Å². The van der Waals surface area contributed by atoms with Crippen molar-refractivity contribution in [3.05, 3.63) is 23.0 Å². The van der Waals surface area contributed by atoms with Crippen LogP contribution in [0.25, 0.3) is 0 Å². The lowest BCUT2D eigenvalue weighted by molar-refractivity contribution is 0.181. The summed E-state index contributed by atoms with van der Waals surface area (Å²) in [5.41, 5.74) is 1.41. The largest absolute Gasteiger partial charge is 0.481 e. The molecule has 0 fully saturated rings. The molecular weight excluding hydrogens is 313 g/mol. The molecule has 1 unspecified atom stereocenters. The number of halogens is 1. The fourth-order valence-electron chi connectivity index (χ4n) is 1.13. The van der Waals surface area contributed by atoms with E-state index in [1.54, 1.807) is 0 Å². The van der Waals surface area contributed by atoms with Crippen molar-refractivity contribution in [2.24, 2.45) is 0 Å². The summed E-state index contributed by atoms with van der Waals surface area (Å²) in [5, 5.41) is 0. The summed E-state index contributed by atoms with van der Waals surface area (Å²) in [6, 6.07) is 0. The van der Waals surface area contributed by atoms with Crippen molar-refractivity contribution in [1.82, 2.24) is 0 Å². The molecular formula is C10H19FO7P2. The van der Waals surface area contributed by atoms with Crippen LogP contribution >= 0.6 is 15.6 Å². The third kappa shape index (κ3) is 10.5. The molecule has 0 saturated heterocycles. The average Bonchev–Trinajstić information content (AvgIpc) is 2.22. The smallest absolute Gasteiger partial charge is 0.302 e. The van der Waals surface area contributed by atoms with Crippen LogP contribution in [0, 0.1) is 0 Å². The zero-order valence-electron chi connectivity index (χ0n) is 11.4. The second kappa shape index (κ2) is 8.20. The summed E-state index contributed by atoms with van der Waals surface area (Å²) < 4.78 is 42.7. The fourth-order valence-corrected chi connectivity index (χ4v) is 2.67. The van der Waals surface area contributed by atoms with Crippen LogP contribution in [0.3, 0.4) is 0 Å².